The number of fused-ring (bicyclic) bond motifs is 1. The Labute approximate surface area is 113 Å². The lowest BCUT2D eigenvalue weighted by Crippen LogP contribution is -2.48. The van der Waals surface area contributed by atoms with Crippen molar-refractivity contribution in [3.63, 3.8) is 0 Å². The number of amides is 1. The van der Waals surface area contributed by atoms with Crippen LogP contribution in [0.1, 0.15) is 20.8 Å². The average molecular weight is 264 g/mol. The van der Waals surface area contributed by atoms with Crippen LogP contribution in [0.4, 0.5) is 11.4 Å². The van der Waals surface area contributed by atoms with Crippen molar-refractivity contribution in [3.05, 3.63) is 18.2 Å². The number of nitrogen functional groups attached to an aromatic ring is 1. The maximum atomic E-state index is 12.3. The van der Waals surface area contributed by atoms with Gasteiger partial charge in [-0.2, -0.15) is 0 Å². The van der Waals surface area contributed by atoms with E-state index in [4.69, 9.17) is 10.5 Å². The summed E-state index contributed by atoms with van der Waals surface area (Å²) in [6.45, 7) is 5.97. The van der Waals surface area contributed by atoms with Crippen LogP contribution in [0, 0.1) is 5.41 Å². The van der Waals surface area contributed by atoms with Crippen molar-refractivity contribution in [2.24, 2.45) is 5.41 Å². The minimum Gasteiger partial charge on any atom is -0.479 e. The number of carbonyl (C=O) groups is 1. The molecule has 1 aliphatic rings. The molecule has 5 nitrogen and oxygen atoms in total. The smallest absolute Gasteiger partial charge is 0.267 e. The topological polar surface area (TPSA) is 75.8 Å². The first-order chi connectivity index (χ1) is 8.84. The lowest BCUT2D eigenvalue weighted by molar-refractivity contribution is -0.126. The van der Waals surface area contributed by atoms with Gasteiger partial charge in [-0.3, -0.25) is 4.79 Å². The van der Waals surface area contributed by atoms with Crippen LogP contribution in [-0.4, -0.2) is 30.3 Å². The van der Waals surface area contributed by atoms with E-state index in [1.54, 1.807) is 30.0 Å². The Bertz CT molecular complexity index is 499. The quantitative estimate of drug-likeness (QED) is 0.809. The third kappa shape index (κ3) is 2.66. The Hall–Kier alpha value is -1.75. The Balaban J connectivity index is 2.41. The fraction of sp³-hybridized carbons (Fsp3) is 0.500. The second-order valence-electron chi connectivity index (χ2n) is 5.73. The third-order valence-corrected chi connectivity index (χ3v) is 3.21. The molecule has 0 aromatic heterocycles. The first-order valence-electron chi connectivity index (χ1n) is 6.32. The molecule has 0 radical (unpaired) electrons. The Morgan fingerprint density at radius 2 is 2.16 bits per heavy atom. The predicted molar refractivity (Wildman–Crippen MR) is 74.2 cm³/mol. The summed E-state index contributed by atoms with van der Waals surface area (Å²) in [7, 11) is 0. The second kappa shape index (κ2) is 4.74. The third-order valence-electron chi connectivity index (χ3n) is 3.21. The first-order valence-corrected chi connectivity index (χ1v) is 6.32. The molecule has 0 saturated heterocycles. The lowest BCUT2D eigenvalue weighted by Gasteiger charge is -2.37. The van der Waals surface area contributed by atoms with Crippen LogP contribution in [0.3, 0.4) is 0 Å². The number of ether oxygens (including phenoxy) is 1. The highest BCUT2D eigenvalue weighted by molar-refractivity contribution is 6.00. The number of aliphatic hydroxyl groups excluding tert-OH is 1. The molecule has 2 rings (SSSR count). The number of anilines is 2. The number of rotatable bonds is 3. The van der Waals surface area contributed by atoms with Gasteiger partial charge in [0.2, 0.25) is 0 Å². The number of nitrogens with zero attached hydrogens (tertiary/aromatic N) is 1. The molecule has 104 valence electrons. The Kier molecular flexibility index (Phi) is 3.41. The number of benzene rings is 1. The van der Waals surface area contributed by atoms with Gasteiger partial charge in [-0.05, 0) is 25.1 Å². The Morgan fingerprint density at radius 3 is 2.79 bits per heavy atom. The van der Waals surface area contributed by atoms with E-state index in [2.05, 4.69) is 0 Å². The van der Waals surface area contributed by atoms with Crippen molar-refractivity contribution in [1.82, 2.24) is 0 Å². The van der Waals surface area contributed by atoms with Crippen LogP contribution in [0.5, 0.6) is 5.75 Å². The first kappa shape index (κ1) is 13.7. The number of nitrogens with two attached hydrogens (primary N) is 1. The largest absolute Gasteiger partial charge is 0.479 e. The van der Waals surface area contributed by atoms with Gasteiger partial charge in [-0.15, -0.1) is 0 Å². The molecule has 0 saturated carbocycles. The van der Waals surface area contributed by atoms with E-state index >= 15 is 0 Å². The standard InChI is InChI=1S/C14H20N2O3/c1-9-13(18)16(7-14(2,3)8-17)11-6-10(15)4-5-12(11)19-9/h4-6,9,17H,7-8,15H2,1-3H3. The van der Waals surface area contributed by atoms with E-state index in [1.165, 1.54) is 0 Å². The van der Waals surface area contributed by atoms with Gasteiger partial charge in [-0.1, -0.05) is 13.8 Å². The van der Waals surface area contributed by atoms with Gasteiger partial charge in [0, 0.05) is 24.3 Å². The minimum atomic E-state index is -0.523. The number of carbonyl (C=O) groups excluding carboxylic acids is 1. The van der Waals surface area contributed by atoms with E-state index < -0.39 is 6.10 Å². The highest BCUT2D eigenvalue weighted by Gasteiger charge is 2.34. The molecule has 0 bridgehead atoms. The molecule has 1 heterocycles. The SMILES string of the molecule is CC1Oc2ccc(N)cc2N(CC(C)(C)CO)C1=O. The number of hydrogen-bond acceptors (Lipinski definition) is 4. The molecule has 0 aliphatic carbocycles. The normalized spacial score (nSPS) is 19.1. The molecule has 19 heavy (non-hydrogen) atoms. The fourth-order valence-electron chi connectivity index (χ4n) is 2.07. The zero-order valence-corrected chi connectivity index (χ0v) is 11.5. The maximum absolute atomic E-state index is 12.3. The van der Waals surface area contributed by atoms with E-state index in [9.17, 15) is 9.90 Å². The predicted octanol–water partition coefficient (Wildman–Crippen LogP) is 1.40. The van der Waals surface area contributed by atoms with Gasteiger partial charge in [0.05, 0.1) is 5.69 Å². The molecular formula is C14H20N2O3. The van der Waals surface area contributed by atoms with E-state index in [0.29, 0.717) is 23.7 Å². The van der Waals surface area contributed by atoms with Crippen LogP contribution in [0.15, 0.2) is 18.2 Å². The number of hydrogen-bond donors (Lipinski definition) is 2. The molecule has 3 N–H and O–H groups in total. The summed E-state index contributed by atoms with van der Waals surface area (Å²) in [4.78, 5) is 13.9. The van der Waals surface area contributed by atoms with Crippen molar-refractivity contribution in [2.75, 3.05) is 23.8 Å². The molecule has 5 heteroatoms. The van der Waals surface area contributed by atoms with Crippen LogP contribution in [0.2, 0.25) is 0 Å². The summed E-state index contributed by atoms with van der Waals surface area (Å²) in [5, 5.41) is 9.39. The summed E-state index contributed by atoms with van der Waals surface area (Å²) in [6, 6.07) is 5.25. The van der Waals surface area contributed by atoms with Crippen molar-refractivity contribution in [1.29, 1.82) is 0 Å². The van der Waals surface area contributed by atoms with Gasteiger partial charge in [0.1, 0.15) is 5.75 Å². The molecule has 0 fully saturated rings. The molecule has 1 aromatic carbocycles. The van der Waals surface area contributed by atoms with Gasteiger partial charge >= 0.3 is 0 Å². The van der Waals surface area contributed by atoms with Gasteiger partial charge < -0.3 is 20.5 Å². The molecule has 1 unspecified atom stereocenters. The van der Waals surface area contributed by atoms with Gasteiger partial charge in [-0.25, -0.2) is 0 Å². The molecule has 1 aliphatic heterocycles. The zero-order chi connectivity index (χ0) is 14.2. The summed E-state index contributed by atoms with van der Waals surface area (Å²) in [6.07, 6.45) is -0.523. The second-order valence-corrected chi connectivity index (χ2v) is 5.73. The summed E-state index contributed by atoms with van der Waals surface area (Å²) in [5.74, 6) is 0.537. The van der Waals surface area contributed by atoms with E-state index in [1.807, 2.05) is 13.8 Å². The average Bonchev–Trinajstić information content (AvgIpc) is 2.36. The fourth-order valence-corrected chi connectivity index (χ4v) is 2.07. The highest BCUT2D eigenvalue weighted by atomic mass is 16.5. The molecule has 0 spiro atoms. The van der Waals surface area contributed by atoms with Crippen molar-refractivity contribution < 1.29 is 14.6 Å². The maximum Gasteiger partial charge on any atom is 0.267 e. The van der Waals surface area contributed by atoms with Crippen LogP contribution < -0.4 is 15.4 Å². The molecular weight excluding hydrogens is 244 g/mol. The van der Waals surface area contributed by atoms with Crippen LogP contribution in [0.25, 0.3) is 0 Å². The lowest BCUT2D eigenvalue weighted by atomic mass is 9.93. The molecule has 1 atom stereocenters. The molecule has 1 amide bonds. The van der Waals surface area contributed by atoms with Crippen LogP contribution in [-0.2, 0) is 4.79 Å². The zero-order valence-electron chi connectivity index (χ0n) is 11.5. The van der Waals surface area contributed by atoms with Crippen molar-refractivity contribution in [3.8, 4) is 5.75 Å². The Morgan fingerprint density at radius 1 is 1.47 bits per heavy atom. The molecule has 1 aromatic rings. The van der Waals surface area contributed by atoms with Gasteiger partial charge in [0.15, 0.2) is 6.10 Å². The van der Waals surface area contributed by atoms with Crippen molar-refractivity contribution in [2.45, 2.75) is 26.9 Å². The van der Waals surface area contributed by atoms with Crippen molar-refractivity contribution >= 4 is 17.3 Å². The minimum absolute atomic E-state index is 0.00364. The van der Waals surface area contributed by atoms with Gasteiger partial charge in [0.25, 0.3) is 5.91 Å². The highest BCUT2D eigenvalue weighted by Crippen LogP contribution is 2.37. The van der Waals surface area contributed by atoms with E-state index in [-0.39, 0.29) is 17.9 Å². The monoisotopic (exact) mass is 264 g/mol. The summed E-state index contributed by atoms with van der Waals surface area (Å²) >= 11 is 0. The summed E-state index contributed by atoms with van der Waals surface area (Å²) < 4.78 is 5.57. The number of aliphatic hydroxyl groups is 1. The van der Waals surface area contributed by atoms with E-state index in [0.717, 1.165) is 0 Å². The van der Waals surface area contributed by atoms with Crippen LogP contribution >= 0.6 is 0 Å². The summed E-state index contributed by atoms with van der Waals surface area (Å²) in [5.41, 5.74) is 6.65.